The van der Waals surface area contributed by atoms with E-state index >= 15 is 0 Å². The van der Waals surface area contributed by atoms with E-state index in [-0.39, 0.29) is 5.97 Å². The van der Waals surface area contributed by atoms with Crippen LogP contribution in [0.5, 0.6) is 0 Å². The molecule has 0 spiro atoms. The summed E-state index contributed by atoms with van der Waals surface area (Å²) >= 11 is 0. The molecule has 0 atom stereocenters. The van der Waals surface area contributed by atoms with Gasteiger partial charge in [-0.3, -0.25) is 0 Å². The highest BCUT2D eigenvalue weighted by molar-refractivity contribution is 5.96. The summed E-state index contributed by atoms with van der Waals surface area (Å²) in [6, 6.07) is 0. The number of rotatable bonds is 0. The Kier molecular flexibility index (Phi) is 1.90. The quantitative estimate of drug-likeness (QED) is 0.374. The second-order valence-corrected chi connectivity index (χ2v) is 2.09. The molecule has 0 amide bonds. The topological polar surface area (TPSA) is 26.3 Å². The van der Waals surface area contributed by atoms with Gasteiger partial charge in [0.1, 0.15) is 6.61 Å². The molecule has 0 N–H and O–H groups in total. The molecule has 0 aromatic carbocycles. The van der Waals surface area contributed by atoms with E-state index in [4.69, 9.17) is 4.74 Å². The highest BCUT2D eigenvalue weighted by Gasteiger charge is 2.22. The first-order chi connectivity index (χ1) is 4.79. The van der Waals surface area contributed by atoms with Crippen molar-refractivity contribution in [2.45, 2.75) is 13.8 Å². The van der Waals surface area contributed by atoms with Crippen molar-refractivity contribution in [1.82, 2.24) is 0 Å². The molecule has 2 heteroatoms. The third kappa shape index (κ3) is 0.967. The van der Waals surface area contributed by atoms with Gasteiger partial charge in [0.15, 0.2) is 0 Å². The van der Waals surface area contributed by atoms with Crippen molar-refractivity contribution >= 4 is 5.97 Å². The van der Waals surface area contributed by atoms with Crippen LogP contribution in [0.4, 0.5) is 0 Å². The van der Waals surface area contributed by atoms with E-state index in [0.717, 1.165) is 5.57 Å². The Balaban J connectivity index is 2.95. The van der Waals surface area contributed by atoms with Crippen LogP contribution in [0.1, 0.15) is 13.8 Å². The van der Waals surface area contributed by atoms with Crippen molar-refractivity contribution in [3.05, 3.63) is 23.3 Å². The first-order valence-electron chi connectivity index (χ1n) is 3.28. The van der Waals surface area contributed by atoms with Crippen LogP contribution < -0.4 is 0 Å². The van der Waals surface area contributed by atoms with Crippen molar-refractivity contribution in [1.29, 1.82) is 0 Å². The molecule has 0 aromatic rings. The van der Waals surface area contributed by atoms with Gasteiger partial charge in [-0.05, 0) is 19.4 Å². The number of hydrogen-bond acceptors (Lipinski definition) is 2. The van der Waals surface area contributed by atoms with Crippen LogP contribution >= 0.6 is 0 Å². The van der Waals surface area contributed by atoms with Crippen LogP contribution in [0.25, 0.3) is 0 Å². The molecule has 0 aromatic heterocycles. The van der Waals surface area contributed by atoms with Crippen LogP contribution in [0.3, 0.4) is 0 Å². The Morgan fingerprint density at radius 2 is 2.10 bits per heavy atom. The molecule has 0 unspecified atom stereocenters. The zero-order chi connectivity index (χ0) is 7.56. The fourth-order valence-electron chi connectivity index (χ4n) is 0.972. The van der Waals surface area contributed by atoms with Crippen molar-refractivity contribution in [3.63, 3.8) is 0 Å². The summed E-state index contributed by atoms with van der Waals surface area (Å²) in [5.74, 6) is -0.199. The van der Waals surface area contributed by atoms with Crippen LogP contribution in [0.2, 0.25) is 0 Å². The van der Waals surface area contributed by atoms with Gasteiger partial charge in [0.2, 0.25) is 0 Å². The van der Waals surface area contributed by atoms with E-state index in [1.165, 1.54) is 0 Å². The molecular formula is C8H10O2. The Morgan fingerprint density at radius 3 is 2.50 bits per heavy atom. The molecule has 1 aliphatic rings. The summed E-state index contributed by atoms with van der Waals surface area (Å²) in [6.45, 7) is 4.18. The van der Waals surface area contributed by atoms with E-state index in [2.05, 4.69) is 0 Å². The second-order valence-electron chi connectivity index (χ2n) is 2.09. The zero-order valence-corrected chi connectivity index (χ0v) is 6.18. The van der Waals surface area contributed by atoms with Gasteiger partial charge in [0.05, 0.1) is 5.57 Å². The monoisotopic (exact) mass is 138 g/mol. The molecule has 1 rings (SSSR count). The predicted molar refractivity (Wildman–Crippen MR) is 38.5 cm³/mol. The summed E-state index contributed by atoms with van der Waals surface area (Å²) in [5, 5.41) is 0. The average molecular weight is 138 g/mol. The van der Waals surface area contributed by atoms with Crippen LogP contribution in [0, 0.1) is 0 Å². The first-order valence-corrected chi connectivity index (χ1v) is 3.28. The standard InChI is InChI=1S/C8H10O2/c1-3-6-5-10-8(9)7(6)4-2/h3-4H,5H2,1-2H3. The molecule has 1 heterocycles. The number of esters is 1. The molecule has 0 radical (unpaired) electrons. The van der Waals surface area contributed by atoms with Crippen molar-refractivity contribution < 1.29 is 9.53 Å². The normalized spacial score (nSPS) is 26.0. The number of hydrogen-bond donors (Lipinski definition) is 0. The smallest absolute Gasteiger partial charge is 0.338 e. The van der Waals surface area contributed by atoms with Gasteiger partial charge in [0.25, 0.3) is 0 Å². The van der Waals surface area contributed by atoms with Crippen molar-refractivity contribution in [2.24, 2.45) is 0 Å². The fraction of sp³-hybridized carbons (Fsp3) is 0.375. The van der Waals surface area contributed by atoms with E-state index in [9.17, 15) is 4.79 Å². The van der Waals surface area contributed by atoms with Gasteiger partial charge >= 0.3 is 5.97 Å². The van der Waals surface area contributed by atoms with Gasteiger partial charge in [0, 0.05) is 0 Å². The largest absolute Gasteiger partial charge is 0.457 e. The molecule has 0 saturated carbocycles. The van der Waals surface area contributed by atoms with Gasteiger partial charge in [-0.15, -0.1) is 0 Å². The van der Waals surface area contributed by atoms with E-state index in [1.807, 2.05) is 19.9 Å². The summed E-state index contributed by atoms with van der Waals surface area (Å²) in [5.41, 5.74) is 1.70. The van der Waals surface area contributed by atoms with Gasteiger partial charge in [-0.1, -0.05) is 12.2 Å². The number of ether oxygens (including phenoxy) is 1. The van der Waals surface area contributed by atoms with Crippen LogP contribution in [-0.2, 0) is 9.53 Å². The molecule has 54 valence electrons. The van der Waals surface area contributed by atoms with Crippen LogP contribution in [0.15, 0.2) is 23.3 Å². The lowest BCUT2D eigenvalue weighted by Gasteiger charge is -1.88. The predicted octanol–water partition coefficient (Wildman–Crippen LogP) is 1.44. The molecular weight excluding hydrogens is 128 g/mol. The minimum absolute atomic E-state index is 0.199. The maximum Gasteiger partial charge on any atom is 0.338 e. The second kappa shape index (κ2) is 2.69. The Labute approximate surface area is 60.2 Å². The van der Waals surface area contributed by atoms with Crippen molar-refractivity contribution in [2.75, 3.05) is 6.61 Å². The first kappa shape index (κ1) is 7.06. The molecule has 0 aliphatic carbocycles. The highest BCUT2D eigenvalue weighted by Crippen LogP contribution is 2.19. The molecule has 2 nitrogen and oxygen atoms in total. The maximum atomic E-state index is 10.8. The molecule has 1 aliphatic heterocycles. The molecule has 0 bridgehead atoms. The number of carbonyl (C=O) groups is 1. The summed E-state index contributed by atoms with van der Waals surface area (Å²) in [4.78, 5) is 10.8. The minimum Gasteiger partial charge on any atom is -0.457 e. The van der Waals surface area contributed by atoms with E-state index in [0.29, 0.717) is 12.2 Å². The average Bonchev–Trinajstić information content (AvgIpc) is 2.30. The lowest BCUT2D eigenvalue weighted by molar-refractivity contribution is -0.134. The van der Waals surface area contributed by atoms with Crippen LogP contribution in [-0.4, -0.2) is 12.6 Å². The number of allylic oxidation sites excluding steroid dienone is 2. The minimum atomic E-state index is -0.199. The van der Waals surface area contributed by atoms with E-state index in [1.54, 1.807) is 6.08 Å². The van der Waals surface area contributed by atoms with E-state index < -0.39 is 0 Å². The molecule has 1 fully saturated rings. The zero-order valence-electron chi connectivity index (χ0n) is 6.18. The van der Waals surface area contributed by atoms with Crippen molar-refractivity contribution in [3.8, 4) is 0 Å². The number of cyclic esters (lactones) is 1. The Morgan fingerprint density at radius 1 is 1.40 bits per heavy atom. The van der Waals surface area contributed by atoms with Gasteiger partial charge in [-0.25, -0.2) is 4.79 Å². The molecule has 10 heavy (non-hydrogen) atoms. The molecule has 1 saturated heterocycles. The number of carbonyl (C=O) groups excluding carboxylic acids is 1. The lowest BCUT2D eigenvalue weighted by Crippen LogP contribution is -1.93. The Hall–Kier alpha value is -1.05. The lowest BCUT2D eigenvalue weighted by atomic mass is 10.1. The summed E-state index contributed by atoms with van der Waals surface area (Å²) in [6.07, 6.45) is 3.69. The maximum absolute atomic E-state index is 10.8. The summed E-state index contributed by atoms with van der Waals surface area (Å²) in [7, 11) is 0. The third-order valence-corrected chi connectivity index (χ3v) is 1.56. The van der Waals surface area contributed by atoms with Gasteiger partial charge in [-0.2, -0.15) is 0 Å². The SMILES string of the molecule is CC=C1COC(=O)C1=CC. The Bertz CT molecular complexity index is 211. The fourth-order valence-corrected chi connectivity index (χ4v) is 0.972. The summed E-state index contributed by atoms with van der Waals surface area (Å²) < 4.78 is 4.78. The third-order valence-electron chi connectivity index (χ3n) is 1.56. The van der Waals surface area contributed by atoms with Gasteiger partial charge < -0.3 is 4.74 Å². The highest BCUT2D eigenvalue weighted by atomic mass is 16.5.